The van der Waals surface area contributed by atoms with Crippen molar-refractivity contribution in [2.75, 3.05) is 6.54 Å². The molecule has 0 aliphatic rings. The van der Waals surface area contributed by atoms with Crippen LogP contribution in [-0.4, -0.2) is 21.3 Å². The van der Waals surface area contributed by atoms with Gasteiger partial charge in [0, 0.05) is 26.6 Å². The maximum atomic E-state index is 4.08. The molecule has 0 amide bonds. The van der Waals surface area contributed by atoms with Gasteiger partial charge < -0.3 is 9.88 Å². The number of benzene rings is 1. The van der Waals surface area contributed by atoms with E-state index in [4.69, 9.17) is 0 Å². The largest absolute Gasteiger partial charge is 0.321 e. The normalized spacial score (nSPS) is 10.9. The highest BCUT2D eigenvalue weighted by molar-refractivity contribution is 5.37. The summed E-state index contributed by atoms with van der Waals surface area (Å²) in [7, 11) is 1.98. The molecule has 0 aliphatic heterocycles. The Morgan fingerprint density at radius 2 is 1.84 bits per heavy atom. The third-order valence-corrected chi connectivity index (χ3v) is 3.47. The maximum absolute atomic E-state index is 4.08. The molecular weight excluding hydrogens is 236 g/mol. The summed E-state index contributed by atoms with van der Waals surface area (Å²) in [4.78, 5) is 0. The van der Waals surface area contributed by atoms with Crippen LogP contribution in [0, 0.1) is 20.8 Å². The van der Waals surface area contributed by atoms with Crippen LogP contribution >= 0.6 is 0 Å². The summed E-state index contributed by atoms with van der Waals surface area (Å²) in [6.07, 6.45) is 2.64. The van der Waals surface area contributed by atoms with E-state index >= 15 is 0 Å². The highest BCUT2D eigenvalue weighted by Gasteiger charge is 2.04. The van der Waals surface area contributed by atoms with Gasteiger partial charge in [-0.05, 0) is 37.5 Å². The van der Waals surface area contributed by atoms with Gasteiger partial charge in [-0.2, -0.15) is 0 Å². The zero-order chi connectivity index (χ0) is 13.8. The molecule has 1 heterocycles. The van der Waals surface area contributed by atoms with Crippen molar-refractivity contribution in [1.82, 2.24) is 20.1 Å². The lowest BCUT2D eigenvalue weighted by Gasteiger charge is -2.12. The van der Waals surface area contributed by atoms with Crippen LogP contribution in [0.25, 0.3) is 0 Å². The Hall–Kier alpha value is -1.68. The van der Waals surface area contributed by atoms with Crippen molar-refractivity contribution in [2.24, 2.45) is 7.05 Å². The van der Waals surface area contributed by atoms with Crippen molar-refractivity contribution in [3.05, 3.63) is 46.5 Å². The van der Waals surface area contributed by atoms with Crippen LogP contribution in [0.15, 0.2) is 18.5 Å². The van der Waals surface area contributed by atoms with Crippen LogP contribution in [-0.2, 0) is 20.0 Å². The van der Waals surface area contributed by atoms with Gasteiger partial charge in [-0.3, -0.25) is 0 Å². The van der Waals surface area contributed by atoms with E-state index in [1.165, 1.54) is 22.3 Å². The number of aromatic nitrogens is 3. The molecular formula is C15H22N4. The van der Waals surface area contributed by atoms with Crippen molar-refractivity contribution in [2.45, 2.75) is 33.7 Å². The van der Waals surface area contributed by atoms with Gasteiger partial charge in [0.05, 0.1) is 0 Å². The topological polar surface area (TPSA) is 42.7 Å². The summed E-state index contributed by atoms with van der Waals surface area (Å²) in [5.74, 6) is 1.02. The van der Waals surface area contributed by atoms with Gasteiger partial charge in [-0.25, -0.2) is 0 Å². The summed E-state index contributed by atoms with van der Waals surface area (Å²) in [5.41, 5.74) is 5.47. The van der Waals surface area contributed by atoms with Gasteiger partial charge in [0.2, 0.25) is 0 Å². The summed E-state index contributed by atoms with van der Waals surface area (Å²) in [6, 6.07) is 4.49. The fourth-order valence-electron chi connectivity index (χ4n) is 2.44. The van der Waals surface area contributed by atoms with Crippen LogP contribution in [0.2, 0.25) is 0 Å². The van der Waals surface area contributed by atoms with Gasteiger partial charge in [0.25, 0.3) is 0 Å². The minimum atomic E-state index is 0.903. The van der Waals surface area contributed by atoms with Gasteiger partial charge in [0.1, 0.15) is 12.2 Å². The quantitative estimate of drug-likeness (QED) is 0.835. The number of hydrogen-bond acceptors (Lipinski definition) is 3. The van der Waals surface area contributed by atoms with E-state index in [0.717, 1.165) is 25.3 Å². The van der Waals surface area contributed by atoms with E-state index in [2.05, 4.69) is 48.4 Å². The minimum Gasteiger partial charge on any atom is -0.321 e. The van der Waals surface area contributed by atoms with Crippen molar-refractivity contribution in [1.29, 1.82) is 0 Å². The highest BCUT2D eigenvalue weighted by Crippen LogP contribution is 2.15. The average Bonchev–Trinajstić information content (AvgIpc) is 2.73. The van der Waals surface area contributed by atoms with Crippen LogP contribution in [0.1, 0.15) is 28.1 Å². The Kier molecular flexibility index (Phi) is 4.32. The van der Waals surface area contributed by atoms with Crippen LogP contribution in [0.3, 0.4) is 0 Å². The molecule has 102 valence electrons. The zero-order valence-electron chi connectivity index (χ0n) is 12.2. The molecule has 0 bridgehead atoms. The minimum absolute atomic E-state index is 0.903. The fourth-order valence-corrected chi connectivity index (χ4v) is 2.44. The Morgan fingerprint density at radius 1 is 1.16 bits per heavy atom. The monoisotopic (exact) mass is 258 g/mol. The predicted octanol–water partition coefficient (Wildman–Crippen LogP) is 2.07. The van der Waals surface area contributed by atoms with Crippen molar-refractivity contribution >= 4 is 0 Å². The smallest absolute Gasteiger partial charge is 0.133 e. The molecule has 0 aliphatic carbocycles. The number of nitrogens with zero attached hydrogens (tertiary/aromatic N) is 3. The standard InChI is InChI=1S/C15H22N4/c1-11-7-12(2)14(13(3)8-11)9-16-6-5-15-18-17-10-19(15)4/h7-8,10,16H,5-6,9H2,1-4H3. The van der Waals surface area contributed by atoms with Crippen molar-refractivity contribution in [3.8, 4) is 0 Å². The average molecular weight is 258 g/mol. The van der Waals surface area contributed by atoms with Gasteiger partial charge in [0.15, 0.2) is 0 Å². The molecule has 1 N–H and O–H groups in total. The summed E-state index contributed by atoms with van der Waals surface area (Å²) in [5, 5.41) is 11.4. The zero-order valence-corrected chi connectivity index (χ0v) is 12.2. The molecule has 4 nitrogen and oxygen atoms in total. The highest BCUT2D eigenvalue weighted by atomic mass is 15.2. The maximum Gasteiger partial charge on any atom is 0.133 e. The molecule has 4 heteroatoms. The van der Waals surface area contributed by atoms with Gasteiger partial charge >= 0.3 is 0 Å². The van der Waals surface area contributed by atoms with E-state index in [9.17, 15) is 0 Å². The van der Waals surface area contributed by atoms with E-state index in [1.807, 2.05) is 11.6 Å². The molecule has 0 saturated heterocycles. The first-order valence-corrected chi connectivity index (χ1v) is 6.68. The van der Waals surface area contributed by atoms with E-state index in [-0.39, 0.29) is 0 Å². The number of aryl methyl sites for hydroxylation is 4. The Balaban J connectivity index is 1.88. The second-order valence-corrected chi connectivity index (χ2v) is 5.16. The van der Waals surface area contributed by atoms with Crippen molar-refractivity contribution < 1.29 is 0 Å². The first-order valence-electron chi connectivity index (χ1n) is 6.68. The van der Waals surface area contributed by atoms with Crippen molar-refractivity contribution in [3.63, 3.8) is 0 Å². The molecule has 0 fully saturated rings. The lowest BCUT2D eigenvalue weighted by Crippen LogP contribution is -2.19. The number of hydrogen-bond donors (Lipinski definition) is 1. The molecule has 2 aromatic rings. The molecule has 0 radical (unpaired) electrons. The lowest BCUT2D eigenvalue weighted by molar-refractivity contribution is 0.650. The van der Waals surface area contributed by atoms with E-state index in [0.29, 0.717) is 0 Å². The molecule has 2 rings (SSSR count). The number of rotatable bonds is 5. The van der Waals surface area contributed by atoms with E-state index in [1.54, 1.807) is 6.33 Å². The van der Waals surface area contributed by atoms with Crippen LogP contribution in [0.5, 0.6) is 0 Å². The second kappa shape index (κ2) is 5.97. The van der Waals surface area contributed by atoms with Crippen LogP contribution in [0.4, 0.5) is 0 Å². The molecule has 1 aromatic heterocycles. The van der Waals surface area contributed by atoms with Crippen LogP contribution < -0.4 is 5.32 Å². The molecule has 0 spiro atoms. The second-order valence-electron chi connectivity index (χ2n) is 5.16. The lowest BCUT2D eigenvalue weighted by atomic mass is 10.00. The van der Waals surface area contributed by atoms with Gasteiger partial charge in [-0.1, -0.05) is 17.7 Å². The third-order valence-electron chi connectivity index (χ3n) is 3.47. The summed E-state index contributed by atoms with van der Waals surface area (Å²) in [6.45, 7) is 8.33. The first kappa shape index (κ1) is 13.7. The number of nitrogens with one attached hydrogen (secondary N) is 1. The Labute approximate surface area is 114 Å². The first-order chi connectivity index (χ1) is 9.08. The molecule has 0 saturated carbocycles. The summed E-state index contributed by atoms with van der Waals surface area (Å²) >= 11 is 0. The Bertz CT molecular complexity index is 534. The third kappa shape index (κ3) is 3.41. The molecule has 0 atom stereocenters. The molecule has 19 heavy (non-hydrogen) atoms. The molecule has 1 aromatic carbocycles. The SMILES string of the molecule is Cc1cc(C)c(CNCCc2nncn2C)c(C)c1. The fraction of sp³-hybridized carbons (Fsp3) is 0.467. The summed E-state index contributed by atoms with van der Waals surface area (Å²) < 4.78 is 1.96. The predicted molar refractivity (Wildman–Crippen MR) is 77.1 cm³/mol. The van der Waals surface area contributed by atoms with E-state index < -0.39 is 0 Å². The molecule has 0 unspecified atom stereocenters. The Morgan fingerprint density at radius 3 is 2.42 bits per heavy atom. The van der Waals surface area contributed by atoms with Gasteiger partial charge in [-0.15, -0.1) is 10.2 Å².